The van der Waals surface area contributed by atoms with Gasteiger partial charge in [-0.15, -0.1) is 0 Å². The van der Waals surface area contributed by atoms with Crippen LogP contribution in [0.1, 0.15) is 0 Å². The molecule has 0 radical (unpaired) electrons. The molecule has 0 heterocycles. The summed E-state index contributed by atoms with van der Waals surface area (Å²) in [6, 6.07) is 0. The molecule has 0 aromatic carbocycles. The van der Waals surface area contributed by atoms with E-state index in [0.29, 0.717) is 0 Å². The van der Waals surface area contributed by atoms with E-state index in [1.807, 2.05) is 0 Å². The SMILES string of the molecule is FC(F)(F)C(Cl)=C(Cl)C(F)(F)C(F)(F)C(F)(F)F. The Labute approximate surface area is 102 Å². The Hall–Kier alpha value is -0.380. The summed E-state index contributed by atoms with van der Waals surface area (Å²) < 4.78 is 120. The fourth-order valence-electron chi connectivity index (χ4n) is 0.578. The minimum Gasteiger partial charge on any atom is -0.193 e. The van der Waals surface area contributed by atoms with Gasteiger partial charge in [0, 0.05) is 0 Å². The van der Waals surface area contributed by atoms with E-state index in [1.54, 1.807) is 0 Å². The van der Waals surface area contributed by atoms with Gasteiger partial charge in [-0.05, 0) is 0 Å². The van der Waals surface area contributed by atoms with E-state index < -0.39 is 34.3 Å². The van der Waals surface area contributed by atoms with Gasteiger partial charge in [-0.3, -0.25) is 0 Å². The molecule has 0 fully saturated rings. The highest BCUT2D eigenvalue weighted by atomic mass is 35.5. The number of allylic oxidation sites excluding steroid dienone is 2. The lowest BCUT2D eigenvalue weighted by molar-refractivity contribution is -0.343. The average Bonchev–Trinajstić information content (AvgIpc) is 2.11. The molecule has 0 aliphatic rings. The van der Waals surface area contributed by atoms with Crippen LogP contribution in [0.5, 0.6) is 0 Å². The Balaban J connectivity index is 5.83. The molecular formula is C6Cl2F10. The second-order valence-corrected chi connectivity index (χ2v) is 3.53. The fraction of sp³-hybridized carbons (Fsp3) is 0.667. The number of halogens is 12. The molecule has 0 saturated carbocycles. The molecule has 0 saturated heterocycles. The Kier molecular flexibility index (Phi) is 4.52. The molecule has 0 amide bonds. The van der Waals surface area contributed by atoms with E-state index in [9.17, 15) is 43.9 Å². The molecule has 0 aromatic heterocycles. The number of hydrogen-bond donors (Lipinski definition) is 0. The summed E-state index contributed by atoms with van der Waals surface area (Å²) in [5.41, 5.74) is 0. The molecule has 0 unspecified atom stereocenters. The summed E-state index contributed by atoms with van der Waals surface area (Å²) in [7, 11) is 0. The van der Waals surface area contributed by atoms with Gasteiger partial charge in [0.2, 0.25) is 0 Å². The van der Waals surface area contributed by atoms with Gasteiger partial charge in [0.25, 0.3) is 0 Å². The molecule has 0 spiro atoms. The van der Waals surface area contributed by atoms with Gasteiger partial charge < -0.3 is 0 Å². The Morgan fingerprint density at radius 1 is 0.611 bits per heavy atom. The van der Waals surface area contributed by atoms with Gasteiger partial charge in [0.1, 0.15) is 10.1 Å². The van der Waals surface area contributed by atoms with Crippen LogP contribution in [0.25, 0.3) is 0 Å². The van der Waals surface area contributed by atoms with Crippen LogP contribution in [0.15, 0.2) is 10.1 Å². The number of hydrogen-bond acceptors (Lipinski definition) is 0. The summed E-state index contributed by atoms with van der Waals surface area (Å²) in [6.07, 6.45) is -12.6. The van der Waals surface area contributed by atoms with Crippen LogP contribution in [-0.2, 0) is 0 Å². The van der Waals surface area contributed by atoms with Crippen molar-refractivity contribution in [3.05, 3.63) is 10.1 Å². The highest BCUT2D eigenvalue weighted by Crippen LogP contribution is 2.53. The monoisotopic (exact) mass is 332 g/mol. The molecule has 0 aromatic rings. The average molecular weight is 333 g/mol. The van der Waals surface area contributed by atoms with E-state index in [0.717, 1.165) is 0 Å². The van der Waals surface area contributed by atoms with Crippen molar-refractivity contribution in [3.8, 4) is 0 Å². The molecule has 0 aliphatic heterocycles. The summed E-state index contributed by atoms with van der Waals surface area (Å²) in [6.45, 7) is 0. The molecule has 0 rings (SSSR count). The molecule has 18 heavy (non-hydrogen) atoms. The second-order valence-electron chi connectivity index (χ2n) is 2.77. The van der Waals surface area contributed by atoms with Gasteiger partial charge in [-0.2, -0.15) is 43.9 Å². The normalized spacial score (nSPS) is 16.7. The van der Waals surface area contributed by atoms with Crippen molar-refractivity contribution in [3.63, 3.8) is 0 Å². The van der Waals surface area contributed by atoms with E-state index in [2.05, 4.69) is 23.2 Å². The Bertz CT molecular complexity index is 348. The summed E-state index contributed by atoms with van der Waals surface area (Å²) in [5.74, 6) is -13.2. The van der Waals surface area contributed by atoms with Crippen molar-refractivity contribution in [2.45, 2.75) is 24.2 Å². The first-order valence-electron chi connectivity index (χ1n) is 3.52. The Morgan fingerprint density at radius 3 is 1.17 bits per heavy atom. The first-order chi connectivity index (χ1) is 7.57. The van der Waals surface area contributed by atoms with Crippen molar-refractivity contribution < 1.29 is 43.9 Å². The van der Waals surface area contributed by atoms with Gasteiger partial charge in [0.05, 0.1) is 0 Å². The highest BCUT2D eigenvalue weighted by molar-refractivity contribution is 6.40. The maximum Gasteiger partial charge on any atom is 0.460 e. The standard InChI is InChI=1S/C6Cl2F10/c7-1(2(8)4(11,12)13)3(9,10)5(14,15)6(16,17)18. The van der Waals surface area contributed by atoms with E-state index >= 15 is 0 Å². The maximum atomic E-state index is 12.6. The third-order valence-electron chi connectivity index (χ3n) is 1.47. The molecule has 0 nitrogen and oxygen atoms in total. The van der Waals surface area contributed by atoms with Gasteiger partial charge >= 0.3 is 24.2 Å². The predicted molar refractivity (Wildman–Crippen MR) is 40.7 cm³/mol. The van der Waals surface area contributed by atoms with Crippen LogP contribution in [0.2, 0.25) is 0 Å². The lowest BCUT2D eigenvalue weighted by atomic mass is 10.1. The lowest BCUT2D eigenvalue weighted by Crippen LogP contribution is -2.52. The van der Waals surface area contributed by atoms with E-state index in [1.165, 1.54) is 0 Å². The maximum absolute atomic E-state index is 12.6. The third kappa shape index (κ3) is 2.95. The van der Waals surface area contributed by atoms with Gasteiger partial charge in [0.15, 0.2) is 0 Å². The zero-order valence-corrected chi connectivity index (χ0v) is 9.05. The Morgan fingerprint density at radius 2 is 0.944 bits per heavy atom. The molecule has 108 valence electrons. The van der Waals surface area contributed by atoms with E-state index in [-0.39, 0.29) is 0 Å². The van der Waals surface area contributed by atoms with Crippen LogP contribution < -0.4 is 0 Å². The smallest absolute Gasteiger partial charge is 0.193 e. The zero-order chi connectivity index (χ0) is 15.2. The molecule has 0 atom stereocenters. The molecule has 12 heteroatoms. The second kappa shape index (κ2) is 4.62. The largest absolute Gasteiger partial charge is 0.460 e. The topological polar surface area (TPSA) is 0 Å². The first-order valence-corrected chi connectivity index (χ1v) is 4.27. The fourth-order valence-corrected chi connectivity index (χ4v) is 0.923. The zero-order valence-electron chi connectivity index (χ0n) is 7.54. The minimum absolute atomic E-state index is 2.96. The van der Waals surface area contributed by atoms with Gasteiger partial charge in [-0.1, -0.05) is 23.2 Å². The van der Waals surface area contributed by atoms with Crippen LogP contribution in [0.3, 0.4) is 0 Å². The molecule has 0 aliphatic carbocycles. The number of rotatable bonds is 2. The molecular weight excluding hydrogens is 333 g/mol. The predicted octanol–water partition coefficient (Wildman–Crippen LogP) is 5.07. The van der Waals surface area contributed by atoms with Crippen LogP contribution >= 0.6 is 23.2 Å². The highest BCUT2D eigenvalue weighted by Gasteiger charge is 2.75. The van der Waals surface area contributed by atoms with Crippen molar-refractivity contribution in [2.24, 2.45) is 0 Å². The first kappa shape index (κ1) is 17.6. The minimum atomic E-state index is -6.81. The summed E-state index contributed by atoms with van der Waals surface area (Å²) in [4.78, 5) is 0. The lowest BCUT2D eigenvalue weighted by Gasteiger charge is -2.28. The van der Waals surface area contributed by atoms with Crippen LogP contribution in [0.4, 0.5) is 43.9 Å². The molecule has 0 bridgehead atoms. The van der Waals surface area contributed by atoms with Crippen molar-refractivity contribution in [1.29, 1.82) is 0 Å². The van der Waals surface area contributed by atoms with Crippen molar-refractivity contribution in [1.82, 2.24) is 0 Å². The third-order valence-corrected chi connectivity index (χ3v) is 2.39. The summed E-state index contributed by atoms with van der Waals surface area (Å²) >= 11 is 8.39. The van der Waals surface area contributed by atoms with E-state index in [4.69, 9.17) is 0 Å². The van der Waals surface area contributed by atoms with Crippen molar-refractivity contribution in [2.75, 3.05) is 0 Å². The summed E-state index contributed by atoms with van der Waals surface area (Å²) in [5, 5.41) is -6.10. The van der Waals surface area contributed by atoms with Crippen LogP contribution in [-0.4, -0.2) is 24.2 Å². The van der Waals surface area contributed by atoms with Gasteiger partial charge in [-0.25, -0.2) is 0 Å². The van der Waals surface area contributed by atoms with Crippen LogP contribution in [0, 0.1) is 0 Å². The van der Waals surface area contributed by atoms with Crippen molar-refractivity contribution >= 4 is 23.2 Å². The quantitative estimate of drug-likeness (QED) is 0.619. The number of alkyl halides is 10. The molecule has 0 N–H and O–H groups in total.